The first kappa shape index (κ1) is 17.0. The van der Waals surface area contributed by atoms with Crippen molar-refractivity contribution >= 4 is 5.82 Å². The predicted octanol–water partition coefficient (Wildman–Crippen LogP) is 1.45. The maximum absolute atomic E-state index is 12.2. The van der Waals surface area contributed by atoms with E-state index in [9.17, 15) is 4.79 Å². The van der Waals surface area contributed by atoms with Gasteiger partial charge in [0.25, 0.3) is 5.56 Å². The Morgan fingerprint density at radius 1 is 1.15 bits per heavy atom. The molecule has 0 bridgehead atoms. The van der Waals surface area contributed by atoms with Gasteiger partial charge in [0.1, 0.15) is 11.9 Å². The lowest BCUT2D eigenvalue weighted by Crippen LogP contribution is -2.50. The lowest BCUT2D eigenvalue weighted by atomic mass is 10.0. The third kappa shape index (κ3) is 3.31. The fraction of sp³-hybridized carbons (Fsp3) is 0.316. The van der Waals surface area contributed by atoms with Crippen LogP contribution in [0.3, 0.4) is 0 Å². The minimum atomic E-state index is -0.116. The van der Waals surface area contributed by atoms with E-state index in [0.29, 0.717) is 23.8 Å². The number of pyridine rings is 1. The lowest BCUT2D eigenvalue weighted by Gasteiger charge is -2.40. The summed E-state index contributed by atoms with van der Waals surface area (Å²) in [5.41, 5.74) is 2.33. The topological polar surface area (TPSA) is 92.6 Å². The summed E-state index contributed by atoms with van der Waals surface area (Å²) >= 11 is 0. The first-order valence-electron chi connectivity index (χ1n) is 8.76. The summed E-state index contributed by atoms with van der Waals surface area (Å²) in [6, 6.07) is 10.9. The van der Waals surface area contributed by atoms with Crippen molar-refractivity contribution in [2.24, 2.45) is 5.92 Å². The second-order valence-electron chi connectivity index (χ2n) is 6.84. The molecule has 1 aliphatic rings. The molecule has 0 radical (unpaired) electrons. The minimum absolute atomic E-state index is 0.116. The zero-order chi connectivity index (χ0) is 19.0. The summed E-state index contributed by atoms with van der Waals surface area (Å²) in [6.07, 6.45) is 1.58. The van der Waals surface area contributed by atoms with Crippen LogP contribution in [0.2, 0.25) is 0 Å². The molecule has 1 saturated heterocycles. The van der Waals surface area contributed by atoms with Crippen LogP contribution in [0.5, 0.6) is 0 Å². The number of aryl methyl sites for hydroxylation is 2. The van der Waals surface area contributed by atoms with Crippen LogP contribution in [-0.4, -0.2) is 37.6 Å². The van der Waals surface area contributed by atoms with Gasteiger partial charge in [-0.05, 0) is 38.1 Å². The van der Waals surface area contributed by atoms with Gasteiger partial charge in [0.2, 0.25) is 0 Å². The average Bonchev–Trinajstić information content (AvgIpc) is 2.97. The van der Waals surface area contributed by atoms with Gasteiger partial charge < -0.3 is 4.90 Å². The third-order valence-corrected chi connectivity index (χ3v) is 4.67. The van der Waals surface area contributed by atoms with E-state index < -0.39 is 0 Å². The highest BCUT2D eigenvalue weighted by molar-refractivity contribution is 5.44. The van der Waals surface area contributed by atoms with Crippen molar-refractivity contribution in [2.75, 3.05) is 18.0 Å². The number of nitrogens with zero attached hydrogens (tertiary/aromatic N) is 7. The Morgan fingerprint density at radius 3 is 2.56 bits per heavy atom. The molecule has 1 aliphatic heterocycles. The number of nitriles is 1. The zero-order valence-corrected chi connectivity index (χ0v) is 15.2. The Kier molecular flexibility index (Phi) is 4.20. The molecule has 0 amide bonds. The standard InChI is InChI=1S/C19H19N7O/c1-13-7-14(2)26(22-13)18-5-6-19(27)25(23-18)12-16-10-24(11-16)17-4-3-15(8-20)9-21-17/h3-7,9,16H,10-12H2,1-2H3. The van der Waals surface area contributed by atoms with E-state index in [0.717, 1.165) is 30.3 Å². The Morgan fingerprint density at radius 2 is 1.93 bits per heavy atom. The van der Waals surface area contributed by atoms with Gasteiger partial charge in [0.05, 0.1) is 17.8 Å². The second kappa shape index (κ2) is 6.68. The van der Waals surface area contributed by atoms with Crippen LogP contribution in [0, 0.1) is 31.1 Å². The number of aromatic nitrogens is 5. The van der Waals surface area contributed by atoms with Crippen LogP contribution in [0.25, 0.3) is 5.82 Å². The summed E-state index contributed by atoms with van der Waals surface area (Å²) in [6.45, 7) is 6.05. The zero-order valence-electron chi connectivity index (χ0n) is 15.2. The Hall–Kier alpha value is -3.47. The molecule has 1 fully saturated rings. The molecule has 136 valence electrons. The van der Waals surface area contributed by atoms with Crippen molar-refractivity contribution in [3.8, 4) is 11.9 Å². The van der Waals surface area contributed by atoms with Crippen molar-refractivity contribution in [2.45, 2.75) is 20.4 Å². The highest BCUT2D eigenvalue weighted by atomic mass is 16.1. The van der Waals surface area contributed by atoms with Gasteiger partial charge >= 0.3 is 0 Å². The molecule has 8 nitrogen and oxygen atoms in total. The van der Waals surface area contributed by atoms with Crippen LogP contribution >= 0.6 is 0 Å². The Bertz CT molecular complexity index is 1070. The van der Waals surface area contributed by atoms with Crippen LogP contribution in [0.15, 0.2) is 41.3 Å². The predicted molar refractivity (Wildman–Crippen MR) is 99.7 cm³/mol. The molecule has 0 aliphatic carbocycles. The fourth-order valence-corrected chi connectivity index (χ4v) is 3.30. The van der Waals surface area contributed by atoms with Gasteiger partial charge in [-0.15, -0.1) is 5.10 Å². The van der Waals surface area contributed by atoms with E-state index in [1.807, 2.05) is 26.0 Å². The van der Waals surface area contributed by atoms with Gasteiger partial charge in [0.15, 0.2) is 5.82 Å². The van der Waals surface area contributed by atoms with E-state index >= 15 is 0 Å². The molecule has 0 spiro atoms. The van der Waals surface area contributed by atoms with Crippen molar-refractivity contribution in [3.63, 3.8) is 0 Å². The molecule has 0 aromatic carbocycles. The van der Waals surface area contributed by atoms with E-state index in [4.69, 9.17) is 5.26 Å². The Balaban J connectivity index is 1.46. The number of anilines is 1. The van der Waals surface area contributed by atoms with Crippen LogP contribution in [0.4, 0.5) is 5.82 Å². The molecular formula is C19H19N7O. The second-order valence-corrected chi connectivity index (χ2v) is 6.84. The first-order valence-corrected chi connectivity index (χ1v) is 8.76. The molecule has 0 atom stereocenters. The van der Waals surface area contributed by atoms with Crippen molar-refractivity contribution in [3.05, 3.63) is 63.8 Å². The van der Waals surface area contributed by atoms with E-state index in [-0.39, 0.29) is 5.56 Å². The monoisotopic (exact) mass is 361 g/mol. The lowest BCUT2D eigenvalue weighted by molar-refractivity contribution is 0.332. The minimum Gasteiger partial charge on any atom is -0.356 e. The average molecular weight is 361 g/mol. The SMILES string of the molecule is Cc1cc(C)n(-c2ccc(=O)n(CC3CN(c4ccc(C#N)cn4)C3)n2)n1. The maximum atomic E-state index is 12.2. The first-order chi connectivity index (χ1) is 13.0. The van der Waals surface area contributed by atoms with E-state index in [1.54, 1.807) is 23.0 Å². The molecule has 4 rings (SSSR count). The van der Waals surface area contributed by atoms with Crippen molar-refractivity contribution in [1.82, 2.24) is 24.5 Å². The van der Waals surface area contributed by atoms with Crippen LogP contribution in [0.1, 0.15) is 17.0 Å². The smallest absolute Gasteiger partial charge is 0.266 e. The molecule has 8 heteroatoms. The largest absolute Gasteiger partial charge is 0.356 e. The summed E-state index contributed by atoms with van der Waals surface area (Å²) in [5, 5.41) is 17.8. The summed E-state index contributed by atoms with van der Waals surface area (Å²) in [5.74, 6) is 1.82. The molecule has 3 aromatic rings. The third-order valence-electron chi connectivity index (χ3n) is 4.67. The molecular weight excluding hydrogens is 342 g/mol. The summed E-state index contributed by atoms with van der Waals surface area (Å²) in [4.78, 5) is 18.6. The van der Waals surface area contributed by atoms with Gasteiger partial charge in [-0.25, -0.2) is 14.3 Å². The molecule has 27 heavy (non-hydrogen) atoms. The van der Waals surface area contributed by atoms with Gasteiger partial charge in [0, 0.05) is 37.0 Å². The van der Waals surface area contributed by atoms with Crippen molar-refractivity contribution in [1.29, 1.82) is 5.26 Å². The van der Waals surface area contributed by atoms with Gasteiger partial charge in [-0.2, -0.15) is 10.4 Å². The van der Waals surface area contributed by atoms with Gasteiger partial charge in [-0.3, -0.25) is 4.79 Å². The summed E-state index contributed by atoms with van der Waals surface area (Å²) in [7, 11) is 0. The van der Waals surface area contributed by atoms with Crippen molar-refractivity contribution < 1.29 is 0 Å². The van der Waals surface area contributed by atoms with Gasteiger partial charge in [-0.1, -0.05) is 0 Å². The van der Waals surface area contributed by atoms with Crippen LogP contribution < -0.4 is 10.5 Å². The number of hydrogen-bond acceptors (Lipinski definition) is 6. The fourth-order valence-electron chi connectivity index (χ4n) is 3.30. The normalized spacial score (nSPS) is 14.0. The molecule has 3 aromatic heterocycles. The molecule has 0 unspecified atom stereocenters. The van der Waals surface area contributed by atoms with E-state index in [1.165, 1.54) is 10.7 Å². The highest BCUT2D eigenvalue weighted by Crippen LogP contribution is 2.23. The number of hydrogen-bond donors (Lipinski definition) is 0. The summed E-state index contributed by atoms with van der Waals surface area (Å²) < 4.78 is 3.26. The van der Waals surface area contributed by atoms with Crippen LogP contribution in [-0.2, 0) is 6.54 Å². The molecule has 4 heterocycles. The quantitative estimate of drug-likeness (QED) is 0.698. The molecule has 0 saturated carbocycles. The van der Waals surface area contributed by atoms with E-state index in [2.05, 4.69) is 26.2 Å². The molecule has 0 N–H and O–H groups in total. The Labute approximate surface area is 156 Å². The highest BCUT2D eigenvalue weighted by Gasteiger charge is 2.28. The maximum Gasteiger partial charge on any atom is 0.266 e. The number of rotatable bonds is 4.